The summed E-state index contributed by atoms with van der Waals surface area (Å²) in [5.41, 5.74) is 1.31. The van der Waals surface area contributed by atoms with Crippen LogP contribution in [0.5, 0.6) is 11.5 Å². The molecule has 1 aromatic carbocycles. The summed E-state index contributed by atoms with van der Waals surface area (Å²) in [5, 5.41) is 11.5. The fourth-order valence-electron chi connectivity index (χ4n) is 3.32. The van der Waals surface area contributed by atoms with Gasteiger partial charge in [0.05, 0.1) is 17.1 Å². The summed E-state index contributed by atoms with van der Waals surface area (Å²) >= 11 is 0. The third-order valence-electron chi connectivity index (χ3n) is 4.78. The molecule has 0 spiro atoms. The predicted octanol–water partition coefficient (Wildman–Crippen LogP) is 3.76. The second-order valence-corrected chi connectivity index (χ2v) is 6.56. The van der Waals surface area contributed by atoms with E-state index in [1.165, 1.54) is 6.07 Å². The van der Waals surface area contributed by atoms with Gasteiger partial charge in [0.15, 0.2) is 5.58 Å². The normalized spacial score (nSPS) is 22.3. The van der Waals surface area contributed by atoms with Crippen molar-refractivity contribution in [3.8, 4) is 11.5 Å². The summed E-state index contributed by atoms with van der Waals surface area (Å²) in [6.45, 7) is 9.88. The SMILES string of the molecule is C=CCOc1cc2c(c3oc(=O)cc(CCC)c13)[C@@H](O)[C@H](C)[C@@H](C)O2. The minimum absolute atomic E-state index is 0.115. The third kappa shape index (κ3) is 3.04. The van der Waals surface area contributed by atoms with Crippen LogP contribution in [0.25, 0.3) is 11.0 Å². The molecule has 0 fully saturated rings. The van der Waals surface area contributed by atoms with Crippen molar-refractivity contribution in [3.05, 3.63) is 46.3 Å². The van der Waals surface area contributed by atoms with E-state index >= 15 is 0 Å². The van der Waals surface area contributed by atoms with Gasteiger partial charge in [-0.05, 0) is 18.9 Å². The zero-order valence-electron chi connectivity index (χ0n) is 14.9. The van der Waals surface area contributed by atoms with E-state index in [1.54, 1.807) is 12.1 Å². The maximum absolute atomic E-state index is 12.1. The van der Waals surface area contributed by atoms with Crippen molar-refractivity contribution in [2.24, 2.45) is 5.92 Å². The van der Waals surface area contributed by atoms with Gasteiger partial charge in [0.1, 0.15) is 24.2 Å². The monoisotopic (exact) mass is 344 g/mol. The van der Waals surface area contributed by atoms with E-state index in [2.05, 4.69) is 6.58 Å². The van der Waals surface area contributed by atoms with Crippen molar-refractivity contribution in [3.63, 3.8) is 0 Å². The summed E-state index contributed by atoms with van der Waals surface area (Å²) in [4.78, 5) is 12.1. The minimum Gasteiger partial charge on any atom is -0.490 e. The molecule has 0 radical (unpaired) electrons. The van der Waals surface area contributed by atoms with Gasteiger partial charge in [0, 0.05) is 18.1 Å². The summed E-state index contributed by atoms with van der Waals surface area (Å²) in [6, 6.07) is 3.28. The number of fused-ring (bicyclic) bond motifs is 3. The van der Waals surface area contributed by atoms with E-state index in [0.29, 0.717) is 35.7 Å². The van der Waals surface area contributed by atoms with Crippen molar-refractivity contribution < 1.29 is 19.0 Å². The Balaban J connectivity index is 2.35. The molecule has 0 amide bonds. The Kier molecular flexibility index (Phi) is 4.86. The van der Waals surface area contributed by atoms with E-state index in [-0.39, 0.29) is 12.0 Å². The van der Waals surface area contributed by atoms with Crippen LogP contribution in [0, 0.1) is 5.92 Å². The molecule has 0 unspecified atom stereocenters. The van der Waals surface area contributed by atoms with Gasteiger partial charge in [-0.2, -0.15) is 0 Å². The van der Waals surface area contributed by atoms with Gasteiger partial charge < -0.3 is 19.0 Å². The molecule has 0 saturated heterocycles. The molecule has 1 aromatic heterocycles. The molecule has 0 aliphatic carbocycles. The van der Waals surface area contributed by atoms with Crippen molar-refractivity contribution in [1.82, 2.24) is 0 Å². The molecule has 1 N–H and O–H groups in total. The van der Waals surface area contributed by atoms with Crippen molar-refractivity contribution in [1.29, 1.82) is 0 Å². The van der Waals surface area contributed by atoms with E-state index in [1.807, 2.05) is 20.8 Å². The second-order valence-electron chi connectivity index (χ2n) is 6.56. The Morgan fingerprint density at radius 1 is 1.36 bits per heavy atom. The van der Waals surface area contributed by atoms with E-state index in [0.717, 1.165) is 17.4 Å². The van der Waals surface area contributed by atoms with Gasteiger partial charge in [0.25, 0.3) is 0 Å². The fourth-order valence-corrected chi connectivity index (χ4v) is 3.32. The largest absolute Gasteiger partial charge is 0.490 e. The first-order chi connectivity index (χ1) is 12.0. The minimum atomic E-state index is -0.769. The molecule has 25 heavy (non-hydrogen) atoms. The molecule has 3 atom stereocenters. The molecular weight excluding hydrogens is 320 g/mol. The van der Waals surface area contributed by atoms with Gasteiger partial charge in [0.2, 0.25) is 0 Å². The lowest BCUT2D eigenvalue weighted by atomic mass is 9.88. The van der Waals surface area contributed by atoms with Crippen LogP contribution in [0.3, 0.4) is 0 Å². The quantitative estimate of drug-likeness (QED) is 0.661. The number of aliphatic hydroxyl groups excluding tert-OH is 1. The van der Waals surface area contributed by atoms with Gasteiger partial charge in [-0.1, -0.05) is 32.9 Å². The Hall–Kier alpha value is -2.27. The summed E-state index contributed by atoms with van der Waals surface area (Å²) < 4.78 is 17.3. The van der Waals surface area contributed by atoms with Crippen LogP contribution in [0.2, 0.25) is 0 Å². The lowest BCUT2D eigenvalue weighted by molar-refractivity contribution is 0.0178. The number of hydrogen-bond acceptors (Lipinski definition) is 5. The highest BCUT2D eigenvalue weighted by Gasteiger charge is 2.35. The van der Waals surface area contributed by atoms with Crippen molar-refractivity contribution in [2.75, 3.05) is 6.61 Å². The summed E-state index contributed by atoms with van der Waals surface area (Å²) in [5.74, 6) is 0.965. The van der Waals surface area contributed by atoms with Gasteiger partial charge in [-0.25, -0.2) is 4.79 Å². The smallest absolute Gasteiger partial charge is 0.336 e. The fraction of sp³-hybridized carbons (Fsp3) is 0.450. The standard InChI is InChI=1S/C20H24O5/c1-5-7-13-9-16(21)25-20-17(13)14(23-8-6-2)10-15-18(20)19(22)11(3)12(4)24-15/h6,9-12,19,22H,2,5,7-8H2,1,3-4H3/t11-,12-,19+/m1/s1. The lowest BCUT2D eigenvalue weighted by Crippen LogP contribution is -2.32. The summed E-state index contributed by atoms with van der Waals surface area (Å²) in [7, 11) is 0. The first kappa shape index (κ1) is 17.5. The molecule has 134 valence electrons. The van der Waals surface area contributed by atoms with Gasteiger partial charge >= 0.3 is 5.63 Å². The van der Waals surface area contributed by atoms with Crippen LogP contribution < -0.4 is 15.1 Å². The molecule has 1 aliphatic rings. The van der Waals surface area contributed by atoms with Crippen LogP contribution >= 0.6 is 0 Å². The first-order valence-electron chi connectivity index (χ1n) is 8.70. The average molecular weight is 344 g/mol. The molecule has 3 rings (SSSR count). The zero-order valence-corrected chi connectivity index (χ0v) is 14.9. The topological polar surface area (TPSA) is 68.9 Å². The maximum atomic E-state index is 12.1. The molecule has 1 aliphatic heterocycles. The molecule has 0 bridgehead atoms. The Labute approximate surface area is 146 Å². The predicted molar refractivity (Wildman–Crippen MR) is 96.4 cm³/mol. The third-order valence-corrected chi connectivity index (χ3v) is 4.78. The average Bonchev–Trinajstić information content (AvgIpc) is 2.57. The number of aliphatic hydroxyl groups is 1. The first-order valence-corrected chi connectivity index (χ1v) is 8.70. The maximum Gasteiger partial charge on any atom is 0.336 e. The van der Waals surface area contributed by atoms with E-state index in [4.69, 9.17) is 13.9 Å². The number of hydrogen-bond donors (Lipinski definition) is 1. The van der Waals surface area contributed by atoms with Crippen molar-refractivity contribution >= 4 is 11.0 Å². The number of aryl methyl sites for hydroxylation is 1. The Morgan fingerprint density at radius 3 is 2.80 bits per heavy atom. The van der Waals surface area contributed by atoms with Gasteiger partial charge in [-0.15, -0.1) is 0 Å². The van der Waals surface area contributed by atoms with Crippen LogP contribution in [0.1, 0.15) is 44.4 Å². The van der Waals surface area contributed by atoms with Crippen LogP contribution in [0.4, 0.5) is 0 Å². The number of ether oxygens (including phenoxy) is 2. The highest BCUT2D eigenvalue weighted by molar-refractivity contribution is 5.91. The molecule has 5 heteroatoms. The number of rotatable bonds is 5. The molecule has 2 heterocycles. The molecule has 5 nitrogen and oxygen atoms in total. The Bertz CT molecular complexity index is 851. The summed E-state index contributed by atoms with van der Waals surface area (Å²) in [6.07, 6.45) is 2.33. The van der Waals surface area contributed by atoms with Gasteiger partial charge in [-0.3, -0.25) is 0 Å². The van der Waals surface area contributed by atoms with Crippen LogP contribution in [-0.2, 0) is 6.42 Å². The second kappa shape index (κ2) is 6.92. The van der Waals surface area contributed by atoms with Crippen molar-refractivity contribution in [2.45, 2.75) is 45.8 Å². The van der Waals surface area contributed by atoms with E-state index < -0.39 is 11.7 Å². The number of benzene rings is 1. The highest BCUT2D eigenvalue weighted by atomic mass is 16.5. The molecule has 0 saturated carbocycles. The van der Waals surface area contributed by atoms with Crippen LogP contribution in [0.15, 0.2) is 34.0 Å². The molecular formula is C20H24O5. The van der Waals surface area contributed by atoms with E-state index in [9.17, 15) is 9.90 Å². The molecule has 2 aromatic rings. The lowest BCUT2D eigenvalue weighted by Gasteiger charge is -2.34. The van der Waals surface area contributed by atoms with Crippen LogP contribution in [-0.4, -0.2) is 17.8 Å². The zero-order chi connectivity index (χ0) is 18.1. The Morgan fingerprint density at radius 2 is 2.12 bits per heavy atom. The highest BCUT2D eigenvalue weighted by Crippen LogP contribution is 2.46.